The van der Waals surface area contributed by atoms with Gasteiger partial charge < -0.3 is 16.8 Å². The molecular formula is C9H11N5O4. The lowest BCUT2D eigenvalue weighted by Crippen LogP contribution is -2.42. The van der Waals surface area contributed by atoms with Gasteiger partial charge in [-0.3, -0.25) is 19.7 Å². The molecular weight excluding hydrogens is 242 g/mol. The summed E-state index contributed by atoms with van der Waals surface area (Å²) in [5, 5.41) is 12.9. The first kappa shape index (κ1) is 13.4. The molecule has 0 saturated heterocycles. The first-order valence-electron chi connectivity index (χ1n) is 4.83. The van der Waals surface area contributed by atoms with Crippen LogP contribution in [0.2, 0.25) is 0 Å². The van der Waals surface area contributed by atoms with Crippen LogP contribution in [0.5, 0.6) is 0 Å². The van der Waals surface area contributed by atoms with Crippen molar-refractivity contribution in [3.63, 3.8) is 0 Å². The normalized spacial score (nSPS) is 11.6. The minimum Gasteiger partial charge on any atom is -0.384 e. The number of primary amides is 1. The van der Waals surface area contributed by atoms with E-state index in [-0.39, 0.29) is 11.4 Å². The number of hydrogen-bond donors (Lipinski definition) is 3. The number of aromatic nitrogens is 1. The Bertz CT molecular complexity index is 516. The highest BCUT2D eigenvalue weighted by Gasteiger charge is 2.23. The van der Waals surface area contributed by atoms with Crippen LogP contribution < -0.4 is 16.8 Å². The molecule has 1 unspecified atom stereocenters. The van der Waals surface area contributed by atoms with Gasteiger partial charge in [0.2, 0.25) is 5.91 Å². The minimum absolute atomic E-state index is 0.0440. The fourth-order valence-electron chi connectivity index (χ4n) is 1.14. The summed E-state index contributed by atoms with van der Waals surface area (Å²) in [6, 6.07) is 0.104. The maximum absolute atomic E-state index is 11.7. The molecule has 1 atom stereocenters. The fourth-order valence-corrected chi connectivity index (χ4v) is 1.14. The lowest BCUT2D eigenvalue weighted by molar-refractivity contribution is -0.385. The lowest BCUT2D eigenvalue weighted by Gasteiger charge is -2.10. The molecule has 0 spiro atoms. The molecule has 1 aromatic heterocycles. The van der Waals surface area contributed by atoms with E-state index in [1.165, 1.54) is 6.92 Å². The molecule has 1 rings (SSSR count). The van der Waals surface area contributed by atoms with Gasteiger partial charge in [0, 0.05) is 0 Å². The summed E-state index contributed by atoms with van der Waals surface area (Å²) in [7, 11) is 0. The van der Waals surface area contributed by atoms with Crippen LogP contribution in [-0.2, 0) is 4.79 Å². The molecule has 9 nitrogen and oxygen atoms in total. The number of amides is 2. The van der Waals surface area contributed by atoms with Gasteiger partial charge >= 0.3 is 0 Å². The van der Waals surface area contributed by atoms with Gasteiger partial charge in [-0.2, -0.15) is 0 Å². The van der Waals surface area contributed by atoms with E-state index in [9.17, 15) is 19.7 Å². The summed E-state index contributed by atoms with van der Waals surface area (Å²) >= 11 is 0. The molecule has 0 bridgehead atoms. The van der Waals surface area contributed by atoms with Crippen molar-refractivity contribution in [2.75, 3.05) is 5.73 Å². The largest absolute Gasteiger partial charge is 0.384 e. The topological polar surface area (TPSA) is 154 Å². The Balaban J connectivity index is 3.08. The van der Waals surface area contributed by atoms with Crippen LogP contribution in [0.4, 0.5) is 11.5 Å². The second-order valence-corrected chi connectivity index (χ2v) is 3.48. The van der Waals surface area contributed by atoms with Crippen molar-refractivity contribution < 1.29 is 14.5 Å². The van der Waals surface area contributed by atoms with Crippen LogP contribution in [0, 0.1) is 10.1 Å². The molecule has 96 valence electrons. The third-order valence-corrected chi connectivity index (χ3v) is 2.12. The molecule has 0 aliphatic heterocycles. The average Bonchev–Trinajstić information content (AvgIpc) is 2.28. The van der Waals surface area contributed by atoms with Crippen LogP contribution in [0.15, 0.2) is 12.3 Å². The molecule has 0 aliphatic carbocycles. The first-order valence-corrected chi connectivity index (χ1v) is 4.83. The van der Waals surface area contributed by atoms with E-state index in [2.05, 4.69) is 10.3 Å². The maximum atomic E-state index is 11.7. The third kappa shape index (κ3) is 2.90. The van der Waals surface area contributed by atoms with Crippen molar-refractivity contribution in [2.24, 2.45) is 5.73 Å². The van der Waals surface area contributed by atoms with Crippen molar-refractivity contribution in [1.29, 1.82) is 0 Å². The Hall–Kier alpha value is -2.71. The summed E-state index contributed by atoms with van der Waals surface area (Å²) < 4.78 is 0. The van der Waals surface area contributed by atoms with Crippen molar-refractivity contribution in [2.45, 2.75) is 13.0 Å². The predicted molar refractivity (Wildman–Crippen MR) is 61.4 cm³/mol. The molecule has 2 amide bonds. The highest BCUT2D eigenvalue weighted by molar-refractivity contribution is 6.00. The van der Waals surface area contributed by atoms with Gasteiger partial charge in [-0.1, -0.05) is 0 Å². The molecule has 0 aliphatic rings. The number of pyridine rings is 1. The van der Waals surface area contributed by atoms with E-state index >= 15 is 0 Å². The highest BCUT2D eigenvalue weighted by atomic mass is 16.6. The number of carbonyl (C=O) groups is 2. The summed E-state index contributed by atoms with van der Waals surface area (Å²) in [6.07, 6.45) is 0.874. The van der Waals surface area contributed by atoms with Crippen LogP contribution in [0.3, 0.4) is 0 Å². The van der Waals surface area contributed by atoms with E-state index in [4.69, 9.17) is 11.5 Å². The van der Waals surface area contributed by atoms with E-state index in [1.54, 1.807) is 0 Å². The molecule has 0 radical (unpaired) electrons. The van der Waals surface area contributed by atoms with Crippen molar-refractivity contribution in [3.05, 3.63) is 27.9 Å². The highest BCUT2D eigenvalue weighted by Crippen LogP contribution is 2.18. The summed E-state index contributed by atoms with van der Waals surface area (Å²) in [6.45, 7) is 1.36. The average molecular weight is 253 g/mol. The Morgan fingerprint density at radius 3 is 2.67 bits per heavy atom. The van der Waals surface area contributed by atoms with Crippen LogP contribution >= 0.6 is 0 Å². The number of carbonyl (C=O) groups excluding carboxylic acids is 2. The van der Waals surface area contributed by atoms with Gasteiger partial charge in [0.05, 0.1) is 4.92 Å². The summed E-state index contributed by atoms with van der Waals surface area (Å²) in [5.74, 6) is -1.62. The van der Waals surface area contributed by atoms with Gasteiger partial charge in [-0.15, -0.1) is 0 Å². The number of nitrogens with one attached hydrogen (secondary N) is 1. The zero-order chi connectivity index (χ0) is 13.9. The molecule has 1 heterocycles. The van der Waals surface area contributed by atoms with E-state index in [1.807, 2.05) is 0 Å². The van der Waals surface area contributed by atoms with Gasteiger partial charge in [0.1, 0.15) is 23.6 Å². The molecule has 0 saturated carbocycles. The maximum Gasteiger partial charge on any atom is 0.300 e. The smallest absolute Gasteiger partial charge is 0.300 e. The van der Waals surface area contributed by atoms with Gasteiger partial charge in [0.15, 0.2) is 0 Å². The van der Waals surface area contributed by atoms with Crippen LogP contribution in [0.1, 0.15) is 17.3 Å². The van der Waals surface area contributed by atoms with Gasteiger partial charge in [-0.25, -0.2) is 4.98 Å². The Morgan fingerprint density at radius 1 is 1.56 bits per heavy atom. The standard InChI is InChI=1S/C9H11N5O4/c1-4(8(11)15)13-9(16)5-2-7(10)12-3-6(5)14(17)18/h2-4H,1H3,(H2,10,12)(H2,11,15)(H,13,16). The number of nitrogen functional groups attached to an aromatic ring is 1. The number of nitrogens with two attached hydrogens (primary N) is 2. The zero-order valence-electron chi connectivity index (χ0n) is 9.41. The van der Waals surface area contributed by atoms with Crippen molar-refractivity contribution in [3.8, 4) is 0 Å². The molecule has 0 fully saturated rings. The molecule has 0 aromatic carbocycles. The van der Waals surface area contributed by atoms with Gasteiger partial charge in [0.25, 0.3) is 11.6 Å². The van der Waals surface area contributed by atoms with Gasteiger partial charge in [-0.05, 0) is 13.0 Å². The second-order valence-electron chi connectivity index (χ2n) is 3.48. The summed E-state index contributed by atoms with van der Waals surface area (Å²) in [4.78, 5) is 36.0. The lowest BCUT2D eigenvalue weighted by atomic mass is 10.2. The monoisotopic (exact) mass is 253 g/mol. The van der Waals surface area contributed by atoms with Crippen molar-refractivity contribution in [1.82, 2.24) is 10.3 Å². The Labute approximate surface area is 101 Å². The molecule has 9 heteroatoms. The predicted octanol–water partition coefficient (Wildman–Crippen LogP) is -0.824. The Kier molecular flexibility index (Phi) is 3.77. The summed E-state index contributed by atoms with van der Waals surface area (Å²) in [5.41, 5.74) is 9.54. The molecule has 5 N–H and O–H groups in total. The van der Waals surface area contributed by atoms with Crippen LogP contribution in [-0.4, -0.2) is 27.8 Å². The molecule has 1 aromatic rings. The van der Waals surface area contributed by atoms with E-state index in [0.717, 1.165) is 12.3 Å². The molecule has 18 heavy (non-hydrogen) atoms. The van der Waals surface area contributed by atoms with E-state index < -0.39 is 28.5 Å². The Morgan fingerprint density at radius 2 is 2.17 bits per heavy atom. The minimum atomic E-state index is -0.952. The number of anilines is 1. The second kappa shape index (κ2) is 5.08. The number of nitro groups is 1. The number of rotatable bonds is 4. The quantitative estimate of drug-likeness (QED) is 0.470. The number of nitrogens with zero attached hydrogens (tertiary/aromatic N) is 2. The van der Waals surface area contributed by atoms with Crippen molar-refractivity contribution >= 4 is 23.3 Å². The number of hydrogen-bond acceptors (Lipinski definition) is 6. The first-order chi connectivity index (χ1) is 8.32. The SMILES string of the molecule is CC(NC(=O)c1cc(N)ncc1[N+](=O)[O-])C(N)=O. The van der Waals surface area contributed by atoms with E-state index in [0.29, 0.717) is 0 Å². The zero-order valence-corrected chi connectivity index (χ0v) is 9.41. The fraction of sp³-hybridized carbons (Fsp3) is 0.222. The van der Waals surface area contributed by atoms with Crippen LogP contribution in [0.25, 0.3) is 0 Å². The third-order valence-electron chi connectivity index (χ3n) is 2.12.